The standard InChI is InChI=1S/C32H50N6O2/c1-22(33)38-18-16-24(17-19-38)21-36-32(40)29(26-10-6-3-7-11-26)37-31(39)28(25-8-4-2-5-9-25)20-23-12-14-27(15-13-23)30(34)35/h12-15,24-26,28-29,33H,2-11,16-21H2,1H3,(H3,34,35)(H,36,40)(H,37,39). The smallest absolute Gasteiger partial charge is 0.242 e. The lowest BCUT2D eigenvalue weighted by molar-refractivity contribution is -0.134. The van der Waals surface area contributed by atoms with Gasteiger partial charge in [-0.1, -0.05) is 62.8 Å². The number of nitrogens with zero attached hydrogens (tertiary/aromatic N) is 1. The van der Waals surface area contributed by atoms with Crippen molar-refractivity contribution >= 4 is 23.5 Å². The highest BCUT2D eigenvalue weighted by Crippen LogP contribution is 2.33. The van der Waals surface area contributed by atoms with Crippen molar-refractivity contribution in [1.29, 1.82) is 10.8 Å². The Labute approximate surface area is 240 Å². The molecule has 8 nitrogen and oxygen atoms in total. The summed E-state index contributed by atoms with van der Waals surface area (Å²) in [5.74, 6) is 1.39. The van der Waals surface area contributed by atoms with Gasteiger partial charge in [0.05, 0.1) is 5.84 Å². The Morgan fingerprint density at radius 1 is 0.875 bits per heavy atom. The summed E-state index contributed by atoms with van der Waals surface area (Å²) in [5.41, 5.74) is 7.41. The highest BCUT2D eigenvalue weighted by Gasteiger charge is 2.36. The summed E-state index contributed by atoms with van der Waals surface area (Å²) in [6.45, 7) is 4.21. The number of amidine groups is 2. The van der Waals surface area contributed by atoms with Gasteiger partial charge in [-0.25, -0.2) is 0 Å². The van der Waals surface area contributed by atoms with Gasteiger partial charge in [0, 0.05) is 31.1 Å². The second-order valence-electron chi connectivity index (χ2n) is 12.5. The van der Waals surface area contributed by atoms with Crippen molar-refractivity contribution in [3.63, 3.8) is 0 Å². The maximum atomic E-state index is 14.0. The molecule has 1 aromatic rings. The monoisotopic (exact) mass is 550 g/mol. The minimum Gasteiger partial charge on any atom is -0.384 e. The topological polar surface area (TPSA) is 135 Å². The van der Waals surface area contributed by atoms with Crippen LogP contribution < -0.4 is 16.4 Å². The quantitative estimate of drug-likeness (QED) is 0.215. The Morgan fingerprint density at radius 3 is 2.00 bits per heavy atom. The number of benzene rings is 1. The van der Waals surface area contributed by atoms with Gasteiger partial charge in [0.2, 0.25) is 11.8 Å². The molecule has 1 saturated heterocycles. The Bertz CT molecular complexity index is 1000. The molecule has 0 aromatic heterocycles. The fourth-order valence-electron chi connectivity index (χ4n) is 7.04. The van der Waals surface area contributed by atoms with E-state index in [1.54, 1.807) is 0 Å². The lowest BCUT2D eigenvalue weighted by Gasteiger charge is -2.35. The summed E-state index contributed by atoms with van der Waals surface area (Å²) in [6, 6.07) is 7.20. The van der Waals surface area contributed by atoms with E-state index in [4.69, 9.17) is 16.6 Å². The zero-order chi connectivity index (χ0) is 28.5. The molecule has 8 heteroatoms. The Morgan fingerprint density at radius 2 is 1.45 bits per heavy atom. The Balaban J connectivity index is 1.44. The molecule has 1 heterocycles. The van der Waals surface area contributed by atoms with Gasteiger partial charge in [0.25, 0.3) is 0 Å². The molecule has 220 valence electrons. The Hall–Kier alpha value is -2.90. The first kappa shape index (κ1) is 30.1. The first-order valence-corrected chi connectivity index (χ1v) is 15.6. The van der Waals surface area contributed by atoms with E-state index in [0.717, 1.165) is 82.9 Å². The number of nitrogen functional groups attached to an aromatic ring is 1. The summed E-state index contributed by atoms with van der Waals surface area (Å²) in [6.07, 6.45) is 13.6. The zero-order valence-electron chi connectivity index (χ0n) is 24.4. The molecule has 2 atom stereocenters. The fraction of sp³-hybridized carbons (Fsp3) is 0.688. The largest absolute Gasteiger partial charge is 0.384 e. The van der Waals surface area contributed by atoms with E-state index in [9.17, 15) is 9.59 Å². The van der Waals surface area contributed by atoms with E-state index in [-0.39, 0.29) is 29.5 Å². The molecule has 6 N–H and O–H groups in total. The van der Waals surface area contributed by atoms with Gasteiger partial charge in [-0.2, -0.15) is 0 Å². The van der Waals surface area contributed by atoms with Gasteiger partial charge in [-0.3, -0.25) is 20.4 Å². The van der Waals surface area contributed by atoms with Gasteiger partial charge in [-0.05, 0) is 75.2 Å². The zero-order valence-corrected chi connectivity index (χ0v) is 24.4. The number of nitrogens with two attached hydrogens (primary N) is 1. The summed E-state index contributed by atoms with van der Waals surface area (Å²) in [5, 5.41) is 22.1. The van der Waals surface area contributed by atoms with E-state index >= 15 is 0 Å². The lowest BCUT2D eigenvalue weighted by atomic mass is 9.76. The molecular weight excluding hydrogens is 500 g/mol. The molecule has 2 saturated carbocycles. The van der Waals surface area contributed by atoms with Crippen LogP contribution in [0.5, 0.6) is 0 Å². The number of carbonyl (C=O) groups is 2. The first-order chi connectivity index (χ1) is 19.3. The number of carbonyl (C=O) groups excluding carboxylic acids is 2. The Kier molecular flexibility index (Phi) is 11.0. The molecule has 2 unspecified atom stereocenters. The third-order valence-corrected chi connectivity index (χ3v) is 9.63. The molecule has 1 aromatic carbocycles. The number of rotatable bonds is 10. The third kappa shape index (κ3) is 8.31. The van der Waals surface area contributed by atoms with E-state index in [1.165, 1.54) is 12.8 Å². The molecule has 3 aliphatic rings. The highest BCUT2D eigenvalue weighted by molar-refractivity contribution is 5.95. The van der Waals surface area contributed by atoms with Crippen LogP contribution in [-0.2, 0) is 16.0 Å². The number of hydrogen-bond acceptors (Lipinski definition) is 4. The van der Waals surface area contributed by atoms with Crippen LogP contribution in [0.25, 0.3) is 0 Å². The van der Waals surface area contributed by atoms with E-state index < -0.39 is 6.04 Å². The van der Waals surface area contributed by atoms with Crippen LogP contribution in [0.1, 0.15) is 95.1 Å². The fourth-order valence-corrected chi connectivity index (χ4v) is 7.04. The van der Waals surface area contributed by atoms with Gasteiger partial charge in [0.1, 0.15) is 11.9 Å². The van der Waals surface area contributed by atoms with Crippen LogP contribution in [0.2, 0.25) is 0 Å². The normalized spacial score (nSPS) is 20.9. The second kappa shape index (κ2) is 14.6. The highest BCUT2D eigenvalue weighted by atomic mass is 16.2. The molecular formula is C32H50N6O2. The van der Waals surface area contributed by atoms with E-state index in [2.05, 4.69) is 15.5 Å². The maximum absolute atomic E-state index is 14.0. The average Bonchev–Trinajstić information content (AvgIpc) is 2.98. The van der Waals surface area contributed by atoms with E-state index in [0.29, 0.717) is 36.2 Å². The summed E-state index contributed by atoms with van der Waals surface area (Å²) in [7, 11) is 0. The predicted octanol–water partition coefficient (Wildman–Crippen LogP) is 4.60. The van der Waals surface area contributed by atoms with Crippen molar-refractivity contribution in [1.82, 2.24) is 15.5 Å². The van der Waals surface area contributed by atoms with Crippen molar-refractivity contribution < 1.29 is 9.59 Å². The van der Waals surface area contributed by atoms with Crippen molar-refractivity contribution in [2.45, 2.75) is 96.4 Å². The van der Waals surface area contributed by atoms with Crippen LogP contribution in [0.15, 0.2) is 24.3 Å². The molecule has 2 amide bonds. The maximum Gasteiger partial charge on any atom is 0.242 e. The number of nitrogens with one attached hydrogen (secondary N) is 4. The number of likely N-dealkylation sites (tertiary alicyclic amines) is 1. The van der Waals surface area contributed by atoms with Crippen molar-refractivity contribution in [3.8, 4) is 0 Å². The molecule has 2 aliphatic carbocycles. The SMILES string of the molecule is CC(=N)N1CCC(CNC(=O)C(NC(=O)C(Cc2ccc(C(=N)N)cc2)C2CCCCC2)C2CCCCC2)CC1. The first-order valence-electron chi connectivity index (χ1n) is 15.6. The summed E-state index contributed by atoms with van der Waals surface area (Å²) < 4.78 is 0. The summed E-state index contributed by atoms with van der Waals surface area (Å²) in [4.78, 5) is 29.8. The molecule has 1 aliphatic heterocycles. The second-order valence-corrected chi connectivity index (χ2v) is 12.5. The predicted molar refractivity (Wildman–Crippen MR) is 160 cm³/mol. The number of piperidine rings is 1. The van der Waals surface area contributed by atoms with Crippen molar-refractivity contribution in [3.05, 3.63) is 35.4 Å². The molecule has 0 radical (unpaired) electrons. The molecule has 3 fully saturated rings. The minimum absolute atomic E-state index is 0.0167. The molecule has 4 rings (SSSR count). The van der Waals surface area contributed by atoms with Gasteiger partial charge >= 0.3 is 0 Å². The van der Waals surface area contributed by atoms with Crippen molar-refractivity contribution in [2.75, 3.05) is 19.6 Å². The van der Waals surface area contributed by atoms with Gasteiger partial charge < -0.3 is 21.3 Å². The molecule has 0 spiro atoms. The van der Waals surface area contributed by atoms with Crippen LogP contribution in [0, 0.1) is 34.5 Å². The minimum atomic E-state index is -0.483. The van der Waals surface area contributed by atoms with Crippen LogP contribution in [0.3, 0.4) is 0 Å². The number of amides is 2. The third-order valence-electron chi connectivity index (χ3n) is 9.63. The van der Waals surface area contributed by atoms with Crippen LogP contribution in [-0.4, -0.2) is 54.1 Å². The molecule has 40 heavy (non-hydrogen) atoms. The average molecular weight is 551 g/mol. The van der Waals surface area contributed by atoms with Crippen LogP contribution in [0.4, 0.5) is 0 Å². The van der Waals surface area contributed by atoms with Crippen molar-refractivity contribution in [2.24, 2.45) is 29.4 Å². The lowest BCUT2D eigenvalue weighted by Crippen LogP contribution is -2.54. The van der Waals surface area contributed by atoms with E-state index in [1.807, 2.05) is 31.2 Å². The van der Waals surface area contributed by atoms with Gasteiger partial charge in [0.15, 0.2) is 0 Å². The van der Waals surface area contributed by atoms with Crippen LogP contribution >= 0.6 is 0 Å². The number of hydrogen-bond donors (Lipinski definition) is 5. The van der Waals surface area contributed by atoms with Gasteiger partial charge in [-0.15, -0.1) is 0 Å². The summed E-state index contributed by atoms with van der Waals surface area (Å²) >= 11 is 0. The molecule has 0 bridgehead atoms.